The van der Waals surface area contributed by atoms with Crippen molar-refractivity contribution in [2.24, 2.45) is 5.92 Å². The van der Waals surface area contributed by atoms with Gasteiger partial charge >= 0.3 is 0 Å². The lowest BCUT2D eigenvalue weighted by atomic mass is 9.64. The van der Waals surface area contributed by atoms with Crippen molar-refractivity contribution in [1.29, 1.82) is 0 Å². The maximum absolute atomic E-state index is 15.4. The first-order chi connectivity index (χ1) is 35.1. The highest BCUT2D eigenvalue weighted by Crippen LogP contribution is 2.62. The molecule has 3 aliphatic carbocycles. The Hall–Kier alpha value is -5.96. The predicted molar refractivity (Wildman–Crippen MR) is 266 cm³/mol. The maximum Gasteiger partial charge on any atom is 0.254 e. The summed E-state index contributed by atoms with van der Waals surface area (Å²) in [7, 11) is 3.30. The topological polar surface area (TPSA) is 202 Å². The molecule has 15 nitrogen and oxygen atoms in total. The normalized spacial score (nSPS) is 28.6. The number of methoxy groups -OCH3 is 2. The van der Waals surface area contributed by atoms with Gasteiger partial charge in [0.2, 0.25) is 6.29 Å². The number of aromatic hydroxyl groups is 1. The van der Waals surface area contributed by atoms with Crippen LogP contribution in [0.2, 0.25) is 0 Å². The number of ketones is 1. The summed E-state index contributed by atoms with van der Waals surface area (Å²) in [5, 5.41) is 54.9. The third-order valence-electron chi connectivity index (χ3n) is 16.7. The van der Waals surface area contributed by atoms with E-state index in [1.165, 1.54) is 0 Å². The number of aliphatic hydroxyl groups excluding tert-OH is 2. The van der Waals surface area contributed by atoms with Gasteiger partial charge in [-0.2, -0.15) is 0 Å². The van der Waals surface area contributed by atoms with Crippen molar-refractivity contribution in [3.8, 4) is 29.3 Å². The van der Waals surface area contributed by atoms with Crippen LogP contribution >= 0.6 is 0 Å². The average Bonchev–Trinajstić information content (AvgIpc) is 4.12. The number of aryl methyl sites for hydroxylation is 1. The van der Waals surface area contributed by atoms with E-state index in [4.69, 9.17) is 28.4 Å². The molecule has 9 atom stereocenters. The fourth-order valence-electron chi connectivity index (χ4n) is 13.2. The van der Waals surface area contributed by atoms with Crippen LogP contribution in [0, 0.1) is 17.9 Å². The second kappa shape index (κ2) is 18.8. The number of carbonyl (C=O) groups excluding carboxylic acids is 2. The molecule has 2 fully saturated rings. The number of Topliss-reactive ketones (excluding diaryl/α,β-unsaturated/α-hetero) is 1. The molecule has 1 saturated carbocycles. The minimum Gasteiger partial charge on any atom is -0.506 e. The van der Waals surface area contributed by atoms with Crippen LogP contribution in [0.4, 0.5) is 0 Å². The summed E-state index contributed by atoms with van der Waals surface area (Å²) < 4.78 is 38.2. The number of phenols is 1. The fourth-order valence-corrected chi connectivity index (χ4v) is 13.2. The van der Waals surface area contributed by atoms with Crippen molar-refractivity contribution < 1.29 is 58.4 Å². The molecule has 8 bridgehead atoms. The lowest BCUT2D eigenvalue weighted by molar-refractivity contribution is -0.328. The summed E-state index contributed by atoms with van der Waals surface area (Å²) in [5.74, 6) is 2.97. The van der Waals surface area contributed by atoms with E-state index in [9.17, 15) is 25.2 Å². The van der Waals surface area contributed by atoms with E-state index in [1.54, 1.807) is 31.3 Å². The van der Waals surface area contributed by atoms with Crippen LogP contribution in [-0.2, 0) is 44.9 Å². The van der Waals surface area contributed by atoms with Gasteiger partial charge in [0.15, 0.2) is 17.5 Å². The number of aliphatic hydroxyl groups is 3. The summed E-state index contributed by atoms with van der Waals surface area (Å²) in [6.07, 6.45) is 8.64. The van der Waals surface area contributed by atoms with Crippen molar-refractivity contribution in [2.75, 3.05) is 47.1 Å². The van der Waals surface area contributed by atoms with Gasteiger partial charge < -0.3 is 64.0 Å². The Morgan fingerprint density at radius 1 is 1.04 bits per heavy atom. The number of rotatable bonds is 10. The minimum absolute atomic E-state index is 0.0163. The Bertz CT molecular complexity index is 3100. The number of ether oxygens (including phenoxy) is 6. The van der Waals surface area contributed by atoms with E-state index < -0.39 is 42.9 Å². The fraction of sp³-hybridized carbons (Fsp3) is 0.474. The number of nitrogens with one attached hydrogen (secondary N) is 2. The van der Waals surface area contributed by atoms with Gasteiger partial charge in [-0.25, -0.2) is 0 Å². The van der Waals surface area contributed by atoms with Crippen molar-refractivity contribution in [3.63, 3.8) is 0 Å². The number of fused-ring (bicyclic) bond motifs is 8. The smallest absolute Gasteiger partial charge is 0.254 e. The molecule has 0 spiro atoms. The molecule has 6 N–H and O–H groups in total. The number of H-pyrrole nitrogens is 1. The Labute approximate surface area is 417 Å². The molecule has 4 aromatic carbocycles. The molecule has 376 valence electrons. The SMILES string of the molecule is COCCCCNCc1ccc2[nH]cc([C@H]3/C=C/c4c(OC)c5c6c7c(c8c(O)c6c4O[C@H]4O[C@H](CO3)[C@@H](O)[C@H](OC#CCc3cccc6c3CN(CC8=O)C6=O)[C@]4(O)CO)[C@@H]3CCC[C@@H]3C[C@H]7CC5)c2c1. The number of hydrogen-bond donors (Lipinski definition) is 6. The van der Waals surface area contributed by atoms with Gasteiger partial charge in [-0.1, -0.05) is 36.6 Å². The number of aromatic nitrogens is 1. The van der Waals surface area contributed by atoms with E-state index in [2.05, 4.69) is 34.5 Å². The van der Waals surface area contributed by atoms with E-state index in [-0.39, 0.29) is 72.1 Å². The highest BCUT2D eigenvalue weighted by Gasteiger charge is 2.59. The number of benzene rings is 4. The van der Waals surface area contributed by atoms with Crippen molar-refractivity contribution >= 4 is 39.4 Å². The van der Waals surface area contributed by atoms with Crippen LogP contribution in [0.1, 0.15) is 128 Å². The quantitative estimate of drug-likeness (QED) is 0.0648. The van der Waals surface area contributed by atoms with Gasteiger partial charge in [-0.3, -0.25) is 9.59 Å². The van der Waals surface area contributed by atoms with Gasteiger partial charge in [-0.15, -0.1) is 0 Å². The molecule has 72 heavy (non-hydrogen) atoms. The van der Waals surface area contributed by atoms with Crippen molar-refractivity contribution in [3.05, 3.63) is 104 Å². The first kappa shape index (κ1) is 47.1. The van der Waals surface area contributed by atoms with Gasteiger partial charge in [0.25, 0.3) is 5.91 Å². The second-order valence-electron chi connectivity index (χ2n) is 20.7. The number of nitrogens with zero attached hydrogens (tertiary/aromatic N) is 1. The van der Waals surface area contributed by atoms with Gasteiger partial charge in [0.05, 0.1) is 43.4 Å². The molecule has 12 rings (SSSR count). The Kier molecular flexibility index (Phi) is 12.3. The Morgan fingerprint density at radius 3 is 2.78 bits per heavy atom. The summed E-state index contributed by atoms with van der Waals surface area (Å²) in [4.78, 5) is 34.5. The van der Waals surface area contributed by atoms with Crippen LogP contribution in [0.25, 0.3) is 27.8 Å². The number of phenolic OH excluding ortho intramolecular Hbond substituents is 1. The summed E-state index contributed by atoms with van der Waals surface area (Å²) in [6.45, 7) is 0.894. The maximum atomic E-state index is 15.4. The van der Waals surface area contributed by atoms with Crippen LogP contribution in [0.5, 0.6) is 17.2 Å². The van der Waals surface area contributed by atoms with Crippen LogP contribution in [0.3, 0.4) is 0 Å². The highest BCUT2D eigenvalue weighted by molar-refractivity contribution is 6.14. The zero-order valence-electron chi connectivity index (χ0n) is 40.6. The van der Waals surface area contributed by atoms with Gasteiger partial charge in [-0.05, 0) is 127 Å². The van der Waals surface area contributed by atoms with E-state index in [1.807, 2.05) is 30.5 Å². The molecular formula is C57H61N3O12. The molecule has 5 aromatic rings. The summed E-state index contributed by atoms with van der Waals surface area (Å²) in [6, 6.07) is 11.6. The molecule has 15 heteroatoms. The van der Waals surface area contributed by atoms with Crippen molar-refractivity contribution in [1.82, 2.24) is 15.2 Å². The average molecular weight is 980 g/mol. The molecule has 4 aliphatic heterocycles. The standard InChI is InChI=1S/C57H61N3O12/c1-67-20-4-3-19-58-24-30-13-17-41-38(22-30)39(25-59-41)43-18-16-37-52(68-2)36-15-14-33-23-32-9-6-11-34(32)46-45(33)47(36)49-51(64)48(46)42(62)27-60-26-40-31(8-5-12-35(40)55(60)65)10-7-21-69-54-50(63)44(28-70-43)71-56(72-53(37)49)57(54,66)29-61/h5,8,12-13,16-18,22,25,32-34,43-44,50,54,56,58-59,61,63-64,66H,3-4,6,9-11,14-15,19-20,23-24,26-29H2,1-2H3/b18-16+/t32-,33-,34-,43-,44-,50-,54+,56-,57-/m1/s1. The summed E-state index contributed by atoms with van der Waals surface area (Å²) >= 11 is 0. The molecule has 1 saturated heterocycles. The largest absolute Gasteiger partial charge is 0.506 e. The monoisotopic (exact) mass is 979 g/mol. The number of hydrogen-bond acceptors (Lipinski definition) is 13. The van der Waals surface area contributed by atoms with E-state index >= 15 is 4.79 Å². The van der Waals surface area contributed by atoms with Gasteiger partial charge in [0.1, 0.15) is 41.7 Å². The molecule has 0 unspecified atom stereocenters. The Balaban J connectivity index is 1.08. The molecule has 7 aliphatic rings. The molecule has 0 radical (unpaired) electrons. The molecular weight excluding hydrogens is 919 g/mol. The van der Waals surface area contributed by atoms with Gasteiger partial charge in [0, 0.05) is 67.0 Å². The minimum atomic E-state index is -2.45. The number of amides is 1. The third kappa shape index (κ3) is 7.60. The molecule has 5 heterocycles. The second-order valence-corrected chi connectivity index (χ2v) is 20.7. The zero-order valence-corrected chi connectivity index (χ0v) is 40.6. The predicted octanol–water partition coefficient (Wildman–Crippen LogP) is 6.58. The summed E-state index contributed by atoms with van der Waals surface area (Å²) in [5.41, 5.74) is 5.51. The van der Waals surface area contributed by atoms with E-state index in [0.29, 0.717) is 42.4 Å². The first-order valence-electron chi connectivity index (χ1n) is 25.6. The zero-order chi connectivity index (χ0) is 49.4. The Morgan fingerprint density at radius 2 is 1.93 bits per heavy atom. The first-order valence-corrected chi connectivity index (χ1v) is 25.6. The lowest BCUT2D eigenvalue weighted by Crippen LogP contribution is -2.70. The lowest BCUT2D eigenvalue weighted by Gasteiger charge is -2.48. The van der Waals surface area contributed by atoms with Crippen molar-refractivity contribution in [2.45, 2.75) is 119 Å². The molecule has 1 aromatic heterocycles. The highest BCUT2D eigenvalue weighted by atomic mass is 16.7. The van der Waals surface area contributed by atoms with Crippen LogP contribution < -0.4 is 14.8 Å². The van der Waals surface area contributed by atoms with Crippen LogP contribution in [0.15, 0.2) is 48.7 Å². The van der Waals surface area contributed by atoms with Crippen LogP contribution in [-0.4, -0.2) is 119 Å². The number of aromatic amines is 1. The number of unbranched alkanes of at least 4 members (excludes halogenated alkanes) is 1. The van der Waals surface area contributed by atoms with E-state index in [0.717, 1.165) is 107 Å². The third-order valence-corrected chi connectivity index (χ3v) is 16.7. The number of carbonyl (C=O) groups is 2. The molecule has 1 amide bonds.